The maximum Gasteiger partial charge on any atom is 0.337 e. The maximum absolute atomic E-state index is 12.9. The topological polar surface area (TPSA) is 68.3 Å². The molecule has 2 aromatic carbocycles. The number of aromatic nitrogens is 1. The summed E-state index contributed by atoms with van der Waals surface area (Å²) in [7, 11) is 1.30. The van der Waals surface area contributed by atoms with Crippen LogP contribution in [0.25, 0.3) is 0 Å². The van der Waals surface area contributed by atoms with Gasteiger partial charge in [-0.1, -0.05) is 12.1 Å². The maximum atomic E-state index is 12.9. The highest BCUT2D eigenvalue weighted by Gasteiger charge is 2.11. The number of nitrogens with one attached hydrogen (secondary N) is 1. The number of amides is 1. The number of methoxy groups -OCH3 is 1. The zero-order valence-corrected chi connectivity index (χ0v) is 14.7. The van der Waals surface area contributed by atoms with Crippen molar-refractivity contribution >= 4 is 28.3 Å². The van der Waals surface area contributed by atoms with Crippen LogP contribution in [0.15, 0.2) is 54.7 Å². The first-order valence-corrected chi connectivity index (χ1v) is 8.55. The Labute approximate surface area is 153 Å². The van der Waals surface area contributed by atoms with E-state index in [1.807, 2.05) is 0 Å². The number of halogens is 1. The third kappa shape index (κ3) is 4.31. The fourth-order valence-corrected chi connectivity index (χ4v) is 3.14. The lowest BCUT2D eigenvalue weighted by Crippen LogP contribution is -2.12. The van der Waals surface area contributed by atoms with Crippen LogP contribution in [0.4, 0.5) is 9.52 Å². The van der Waals surface area contributed by atoms with Gasteiger partial charge in [-0.2, -0.15) is 0 Å². The van der Waals surface area contributed by atoms with E-state index in [1.54, 1.807) is 30.5 Å². The van der Waals surface area contributed by atoms with Crippen LogP contribution in [0.5, 0.6) is 0 Å². The monoisotopic (exact) mass is 370 g/mol. The van der Waals surface area contributed by atoms with Gasteiger partial charge in [0.1, 0.15) is 5.82 Å². The van der Waals surface area contributed by atoms with Gasteiger partial charge in [0.25, 0.3) is 5.91 Å². The Hall–Kier alpha value is -3.06. The smallest absolute Gasteiger partial charge is 0.337 e. The van der Waals surface area contributed by atoms with E-state index in [2.05, 4.69) is 15.0 Å². The molecule has 0 aliphatic rings. The van der Waals surface area contributed by atoms with Crippen molar-refractivity contribution in [3.05, 3.63) is 82.1 Å². The molecule has 5 nitrogen and oxygen atoms in total. The Morgan fingerprint density at radius 1 is 1.08 bits per heavy atom. The standard InChI is InChI=1S/C19H15FN2O3S/c1-25-18(24)14-6-4-13(5-7-14)17(23)22-19-21-11-16(26-19)10-12-2-8-15(20)9-3-12/h2-9,11H,10H2,1H3,(H,21,22,23). The second-order valence-electron chi connectivity index (χ2n) is 5.46. The highest BCUT2D eigenvalue weighted by molar-refractivity contribution is 7.15. The van der Waals surface area contributed by atoms with E-state index in [-0.39, 0.29) is 11.7 Å². The van der Waals surface area contributed by atoms with Gasteiger partial charge >= 0.3 is 5.97 Å². The SMILES string of the molecule is COC(=O)c1ccc(C(=O)Nc2ncc(Cc3ccc(F)cc3)s2)cc1. The minimum absolute atomic E-state index is 0.274. The third-order valence-electron chi connectivity index (χ3n) is 3.63. The van der Waals surface area contributed by atoms with Gasteiger partial charge in [0.2, 0.25) is 0 Å². The molecule has 3 aromatic rings. The number of rotatable bonds is 5. The Morgan fingerprint density at radius 2 is 1.73 bits per heavy atom. The van der Waals surface area contributed by atoms with Crippen molar-refractivity contribution < 1.29 is 18.7 Å². The molecule has 0 atom stereocenters. The molecule has 26 heavy (non-hydrogen) atoms. The number of carbonyl (C=O) groups is 2. The molecule has 1 heterocycles. The molecular formula is C19H15FN2O3S. The van der Waals surface area contributed by atoms with E-state index >= 15 is 0 Å². The van der Waals surface area contributed by atoms with Crippen LogP contribution in [-0.2, 0) is 11.2 Å². The van der Waals surface area contributed by atoms with Crippen molar-refractivity contribution in [2.24, 2.45) is 0 Å². The predicted octanol–water partition coefficient (Wildman–Crippen LogP) is 3.91. The Kier molecular flexibility index (Phi) is 5.38. The molecule has 0 spiro atoms. The zero-order valence-electron chi connectivity index (χ0n) is 13.9. The molecule has 1 N–H and O–H groups in total. The van der Waals surface area contributed by atoms with Gasteiger partial charge in [0, 0.05) is 23.1 Å². The molecule has 0 radical (unpaired) electrons. The molecule has 0 saturated carbocycles. The minimum atomic E-state index is -0.456. The molecule has 0 fully saturated rings. The molecule has 132 valence electrons. The molecule has 0 unspecified atom stereocenters. The molecule has 0 aliphatic carbocycles. The summed E-state index contributed by atoms with van der Waals surface area (Å²) in [5.74, 6) is -1.05. The summed E-state index contributed by atoms with van der Waals surface area (Å²) in [5, 5.41) is 3.20. The van der Waals surface area contributed by atoms with E-state index in [0.29, 0.717) is 22.7 Å². The summed E-state index contributed by atoms with van der Waals surface area (Å²) < 4.78 is 17.6. The van der Waals surface area contributed by atoms with Crippen LogP contribution in [0.1, 0.15) is 31.2 Å². The third-order valence-corrected chi connectivity index (χ3v) is 4.55. The van der Waals surface area contributed by atoms with Crippen LogP contribution >= 0.6 is 11.3 Å². The minimum Gasteiger partial charge on any atom is -0.465 e. The number of hydrogen-bond donors (Lipinski definition) is 1. The summed E-state index contributed by atoms with van der Waals surface area (Å²) >= 11 is 1.36. The largest absolute Gasteiger partial charge is 0.465 e. The van der Waals surface area contributed by atoms with Gasteiger partial charge in [0.15, 0.2) is 5.13 Å². The van der Waals surface area contributed by atoms with E-state index in [4.69, 9.17) is 0 Å². The first-order chi connectivity index (χ1) is 12.5. The van der Waals surface area contributed by atoms with Gasteiger partial charge in [-0.15, -0.1) is 11.3 Å². The second kappa shape index (κ2) is 7.88. The van der Waals surface area contributed by atoms with E-state index < -0.39 is 5.97 Å². The lowest BCUT2D eigenvalue weighted by molar-refractivity contribution is 0.0600. The van der Waals surface area contributed by atoms with Crippen molar-refractivity contribution in [2.75, 3.05) is 12.4 Å². The van der Waals surface area contributed by atoms with Gasteiger partial charge in [-0.3, -0.25) is 10.1 Å². The van der Waals surface area contributed by atoms with Crippen LogP contribution in [0.2, 0.25) is 0 Å². The highest BCUT2D eigenvalue weighted by Crippen LogP contribution is 2.22. The van der Waals surface area contributed by atoms with E-state index in [0.717, 1.165) is 10.4 Å². The molecule has 1 aromatic heterocycles. The number of nitrogens with zero attached hydrogens (tertiary/aromatic N) is 1. The summed E-state index contributed by atoms with van der Waals surface area (Å²) in [5.41, 5.74) is 1.75. The Balaban J connectivity index is 1.63. The number of thiazole rings is 1. The quantitative estimate of drug-likeness (QED) is 0.692. The van der Waals surface area contributed by atoms with Gasteiger partial charge in [0.05, 0.1) is 12.7 Å². The van der Waals surface area contributed by atoms with Crippen LogP contribution < -0.4 is 5.32 Å². The molecular weight excluding hydrogens is 355 g/mol. The van der Waals surface area contributed by atoms with Crippen molar-refractivity contribution in [2.45, 2.75) is 6.42 Å². The average Bonchev–Trinajstić information content (AvgIpc) is 3.10. The normalized spacial score (nSPS) is 10.4. The van der Waals surface area contributed by atoms with E-state index in [1.165, 1.54) is 42.7 Å². The van der Waals surface area contributed by atoms with Gasteiger partial charge in [-0.25, -0.2) is 14.2 Å². The first kappa shape index (κ1) is 17.8. The molecule has 3 rings (SSSR count). The Bertz CT molecular complexity index is 921. The van der Waals surface area contributed by atoms with Crippen LogP contribution in [0.3, 0.4) is 0 Å². The molecule has 7 heteroatoms. The van der Waals surface area contributed by atoms with Crippen molar-refractivity contribution in [3.8, 4) is 0 Å². The average molecular weight is 370 g/mol. The van der Waals surface area contributed by atoms with Crippen molar-refractivity contribution in [1.29, 1.82) is 0 Å². The number of anilines is 1. The van der Waals surface area contributed by atoms with Gasteiger partial charge < -0.3 is 4.74 Å². The molecule has 0 bridgehead atoms. The number of esters is 1. The number of carbonyl (C=O) groups excluding carboxylic acids is 2. The first-order valence-electron chi connectivity index (χ1n) is 7.74. The van der Waals surface area contributed by atoms with Crippen LogP contribution in [-0.4, -0.2) is 24.0 Å². The van der Waals surface area contributed by atoms with Crippen LogP contribution in [0, 0.1) is 5.82 Å². The number of ether oxygens (including phenoxy) is 1. The molecule has 0 saturated heterocycles. The van der Waals surface area contributed by atoms with Crippen molar-refractivity contribution in [3.63, 3.8) is 0 Å². The second-order valence-corrected chi connectivity index (χ2v) is 6.57. The zero-order chi connectivity index (χ0) is 18.5. The van der Waals surface area contributed by atoms with E-state index in [9.17, 15) is 14.0 Å². The fraction of sp³-hybridized carbons (Fsp3) is 0.105. The highest BCUT2D eigenvalue weighted by atomic mass is 32.1. The lowest BCUT2D eigenvalue weighted by Gasteiger charge is -2.03. The van der Waals surface area contributed by atoms with Gasteiger partial charge in [-0.05, 0) is 42.0 Å². The summed E-state index contributed by atoms with van der Waals surface area (Å²) in [6, 6.07) is 12.4. The lowest BCUT2D eigenvalue weighted by atomic mass is 10.1. The number of hydrogen-bond acceptors (Lipinski definition) is 5. The molecule has 0 aliphatic heterocycles. The predicted molar refractivity (Wildman–Crippen MR) is 97.1 cm³/mol. The fourth-order valence-electron chi connectivity index (χ4n) is 2.30. The summed E-state index contributed by atoms with van der Waals surface area (Å²) in [4.78, 5) is 28.8. The summed E-state index contributed by atoms with van der Waals surface area (Å²) in [6.45, 7) is 0. The summed E-state index contributed by atoms with van der Waals surface area (Å²) in [6.07, 6.45) is 2.30. The number of benzene rings is 2. The Morgan fingerprint density at radius 3 is 2.38 bits per heavy atom. The molecule has 1 amide bonds. The van der Waals surface area contributed by atoms with Crippen molar-refractivity contribution in [1.82, 2.24) is 4.98 Å².